The second-order valence-electron chi connectivity index (χ2n) is 6.40. The average molecular weight is 322 g/mol. The first-order valence-electron chi connectivity index (χ1n) is 8.26. The molecule has 1 atom stereocenters. The van der Waals surface area contributed by atoms with E-state index in [4.69, 9.17) is 4.84 Å². The first kappa shape index (κ1) is 16.2. The molecule has 1 aliphatic rings. The number of rotatable bonds is 5. The highest BCUT2D eigenvalue weighted by atomic mass is 16.6. The molecule has 2 aromatic rings. The van der Waals surface area contributed by atoms with Crippen LogP contribution in [-0.4, -0.2) is 24.3 Å². The lowest BCUT2D eigenvalue weighted by molar-refractivity contribution is -0.126. The topological polar surface area (TPSA) is 50.7 Å². The highest BCUT2D eigenvalue weighted by molar-refractivity contribution is 6.24. The smallest absolute Gasteiger partial charge is 0.260 e. The Balaban J connectivity index is 1.75. The Morgan fingerprint density at radius 1 is 0.958 bits per heavy atom. The summed E-state index contributed by atoms with van der Waals surface area (Å²) in [6.45, 7) is 6.04. The van der Waals surface area contributed by atoms with E-state index >= 15 is 0 Å². The number of nitrogens with one attached hydrogen (secondary N) is 1. The van der Waals surface area contributed by atoms with Gasteiger partial charge in [0.1, 0.15) is 5.71 Å². The number of fused-ring (bicyclic) bond motifs is 3. The lowest BCUT2D eigenvalue weighted by Crippen LogP contribution is -2.38. The molecule has 0 saturated carbocycles. The van der Waals surface area contributed by atoms with Crippen molar-refractivity contribution >= 4 is 11.6 Å². The third kappa shape index (κ3) is 3.18. The van der Waals surface area contributed by atoms with Crippen LogP contribution >= 0.6 is 0 Å². The molecule has 24 heavy (non-hydrogen) atoms. The van der Waals surface area contributed by atoms with E-state index in [-0.39, 0.29) is 18.6 Å². The normalized spacial score (nSPS) is 13.2. The number of carbonyl (C=O) groups is 1. The summed E-state index contributed by atoms with van der Waals surface area (Å²) >= 11 is 0. The van der Waals surface area contributed by atoms with Crippen LogP contribution in [0, 0.1) is 5.92 Å². The van der Waals surface area contributed by atoms with Crippen LogP contribution < -0.4 is 5.32 Å². The van der Waals surface area contributed by atoms with Gasteiger partial charge in [0.15, 0.2) is 6.61 Å². The second kappa shape index (κ2) is 6.87. The highest BCUT2D eigenvalue weighted by Gasteiger charge is 2.24. The molecular formula is C20H22N2O2. The Morgan fingerprint density at radius 2 is 1.46 bits per heavy atom. The molecule has 0 fully saturated rings. The highest BCUT2D eigenvalue weighted by Crippen LogP contribution is 2.36. The lowest BCUT2D eigenvalue weighted by Gasteiger charge is -2.16. The number of hydrogen-bond donors (Lipinski definition) is 1. The van der Waals surface area contributed by atoms with Gasteiger partial charge < -0.3 is 10.2 Å². The number of amides is 1. The number of benzene rings is 2. The lowest BCUT2D eigenvalue weighted by atomic mass is 10.1. The Kier molecular flexibility index (Phi) is 4.65. The summed E-state index contributed by atoms with van der Waals surface area (Å²) in [6, 6.07) is 16.3. The van der Waals surface area contributed by atoms with Gasteiger partial charge in [-0.2, -0.15) is 0 Å². The summed E-state index contributed by atoms with van der Waals surface area (Å²) in [7, 11) is 0. The van der Waals surface area contributed by atoms with Gasteiger partial charge in [0.2, 0.25) is 0 Å². The zero-order valence-corrected chi connectivity index (χ0v) is 14.2. The molecule has 3 rings (SSSR count). The van der Waals surface area contributed by atoms with Gasteiger partial charge in [-0.3, -0.25) is 4.79 Å². The van der Waals surface area contributed by atoms with Crippen molar-refractivity contribution in [2.24, 2.45) is 11.1 Å². The molecule has 0 aliphatic heterocycles. The van der Waals surface area contributed by atoms with Crippen LogP contribution in [0.5, 0.6) is 0 Å². The van der Waals surface area contributed by atoms with Crippen LogP contribution in [0.15, 0.2) is 53.7 Å². The zero-order chi connectivity index (χ0) is 17.1. The molecule has 1 amide bonds. The van der Waals surface area contributed by atoms with Crippen molar-refractivity contribution in [3.05, 3.63) is 59.7 Å². The minimum Gasteiger partial charge on any atom is -0.385 e. The van der Waals surface area contributed by atoms with Crippen molar-refractivity contribution in [3.63, 3.8) is 0 Å². The van der Waals surface area contributed by atoms with Crippen molar-refractivity contribution in [2.45, 2.75) is 26.8 Å². The standard InChI is InChI=1S/C20H22N2O2/c1-13(2)14(3)21-19(23)12-24-22-20-17-10-6-4-8-15(17)16-9-5-7-11-18(16)20/h4-11,13-14H,12H2,1-3H3,(H,21,23)/t14-/m0/s1. The molecule has 0 bridgehead atoms. The van der Waals surface area contributed by atoms with Gasteiger partial charge in [0.25, 0.3) is 5.91 Å². The van der Waals surface area contributed by atoms with Crippen LogP contribution in [-0.2, 0) is 9.63 Å². The van der Waals surface area contributed by atoms with Crippen LogP contribution in [0.3, 0.4) is 0 Å². The van der Waals surface area contributed by atoms with Crippen LogP contribution in [0.2, 0.25) is 0 Å². The van der Waals surface area contributed by atoms with Gasteiger partial charge >= 0.3 is 0 Å². The number of hydrogen-bond acceptors (Lipinski definition) is 3. The predicted octanol–water partition coefficient (Wildman–Crippen LogP) is 3.60. The first-order chi connectivity index (χ1) is 11.6. The first-order valence-corrected chi connectivity index (χ1v) is 8.26. The summed E-state index contributed by atoms with van der Waals surface area (Å²) in [4.78, 5) is 17.3. The quantitative estimate of drug-likeness (QED) is 0.730. The van der Waals surface area contributed by atoms with Gasteiger partial charge in [0, 0.05) is 17.2 Å². The summed E-state index contributed by atoms with van der Waals surface area (Å²) < 4.78 is 0. The molecule has 1 aliphatic carbocycles. The molecule has 0 aromatic heterocycles. The fourth-order valence-corrected chi connectivity index (χ4v) is 2.71. The maximum absolute atomic E-state index is 11.9. The Morgan fingerprint density at radius 3 is 1.96 bits per heavy atom. The fourth-order valence-electron chi connectivity index (χ4n) is 2.71. The van der Waals surface area contributed by atoms with E-state index in [9.17, 15) is 4.79 Å². The van der Waals surface area contributed by atoms with E-state index in [0.29, 0.717) is 5.92 Å². The minimum atomic E-state index is -0.153. The molecule has 0 radical (unpaired) electrons. The molecule has 1 N–H and O–H groups in total. The largest absolute Gasteiger partial charge is 0.385 e. The van der Waals surface area contributed by atoms with Crippen molar-refractivity contribution in [1.82, 2.24) is 5.32 Å². The molecule has 0 unspecified atom stereocenters. The fraction of sp³-hybridized carbons (Fsp3) is 0.300. The van der Waals surface area contributed by atoms with Crippen LogP contribution in [0.4, 0.5) is 0 Å². The Labute approximate surface area is 142 Å². The van der Waals surface area contributed by atoms with Gasteiger partial charge in [-0.15, -0.1) is 0 Å². The van der Waals surface area contributed by atoms with Crippen molar-refractivity contribution < 1.29 is 9.63 Å². The van der Waals surface area contributed by atoms with Crippen LogP contribution in [0.25, 0.3) is 11.1 Å². The average Bonchev–Trinajstić information content (AvgIpc) is 2.89. The van der Waals surface area contributed by atoms with Crippen molar-refractivity contribution in [3.8, 4) is 11.1 Å². The van der Waals surface area contributed by atoms with E-state index in [1.807, 2.05) is 43.3 Å². The molecule has 2 aromatic carbocycles. The molecule has 0 saturated heterocycles. The Hall–Kier alpha value is -2.62. The zero-order valence-electron chi connectivity index (χ0n) is 14.2. The van der Waals surface area contributed by atoms with Crippen molar-refractivity contribution in [2.75, 3.05) is 6.61 Å². The molecule has 4 heteroatoms. The number of carbonyl (C=O) groups excluding carboxylic acids is 1. The molecular weight excluding hydrogens is 300 g/mol. The summed E-state index contributed by atoms with van der Waals surface area (Å²) in [5.74, 6) is 0.231. The molecule has 4 nitrogen and oxygen atoms in total. The third-order valence-corrected chi connectivity index (χ3v) is 4.39. The maximum atomic E-state index is 11.9. The molecule has 0 spiro atoms. The SMILES string of the molecule is CC(C)[C@H](C)NC(=O)CON=C1c2ccccc2-c2ccccc21. The van der Waals surface area contributed by atoms with E-state index < -0.39 is 0 Å². The third-order valence-electron chi connectivity index (χ3n) is 4.39. The number of nitrogens with zero attached hydrogens (tertiary/aromatic N) is 1. The summed E-state index contributed by atoms with van der Waals surface area (Å²) in [6.07, 6.45) is 0. The van der Waals surface area contributed by atoms with Gasteiger partial charge in [-0.25, -0.2) is 0 Å². The van der Waals surface area contributed by atoms with Gasteiger partial charge in [-0.05, 0) is 24.0 Å². The van der Waals surface area contributed by atoms with Crippen LogP contribution in [0.1, 0.15) is 31.9 Å². The Bertz CT molecular complexity index is 733. The monoisotopic (exact) mass is 322 g/mol. The molecule has 124 valence electrons. The van der Waals surface area contributed by atoms with Crippen molar-refractivity contribution in [1.29, 1.82) is 0 Å². The van der Waals surface area contributed by atoms with Gasteiger partial charge in [-0.1, -0.05) is 67.5 Å². The summed E-state index contributed by atoms with van der Waals surface area (Å²) in [5.41, 5.74) is 5.15. The second-order valence-corrected chi connectivity index (χ2v) is 6.40. The van der Waals surface area contributed by atoms with E-state index in [1.54, 1.807) is 0 Å². The summed E-state index contributed by atoms with van der Waals surface area (Å²) in [5, 5.41) is 7.16. The maximum Gasteiger partial charge on any atom is 0.260 e. The van der Waals surface area contributed by atoms with E-state index in [0.717, 1.165) is 28.0 Å². The van der Waals surface area contributed by atoms with E-state index in [2.05, 4.69) is 36.5 Å². The predicted molar refractivity (Wildman–Crippen MR) is 95.9 cm³/mol. The van der Waals surface area contributed by atoms with E-state index in [1.165, 1.54) is 0 Å². The molecule has 0 heterocycles. The minimum absolute atomic E-state index is 0.0785. The van der Waals surface area contributed by atoms with Gasteiger partial charge in [0.05, 0.1) is 0 Å². The number of oxime groups is 1.